The van der Waals surface area contributed by atoms with Crippen molar-refractivity contribution in [3.8, 4) is 44.9 Å². The first-order valence-electron chi connectivity index (χ1n) is 21.8. The maximum absolute atomic E-state index is 7.20. The number of hydrogen-bond donors (Lipinski definition) is 0. The highest BCUT2D eigenvalue weighted by Crippen LogP contribution is 2.65. The van der Waals surface area contributed by atoms with E-state index in [4.69, 9.17) is 4.74 Å². The van der Waals surface area contributed by atoms with E-state index in [2.05, 4.69) is 241 Å². The molecule has 0 N–H and O–H groups in total. The standard InChI is InChI=1S/C61H39NO/c1-2-15-40(16-3-1)45-21-12-22-47(39-45)62(57-30-13-20-41-17-4-7-23-48(41)57)46-35-31-44(32-36-46)49-27-14-29-54-58(49)52-26-10-11-28-53(52)61(54)55-37-33-42-18-5-8-24-50(42)59(55)63-60-51-25-9-6-19-43(51)34-38-56(60)61/h1-39H. The molecule has 294 valence electrons. The first-order chi connectivity index (χ1) is 31.3. The van der Waals surface area contributed by atoms with E-state index in [1.54, 1.807) is 0 Å². The third kappa shape index (κ3) is 5.25. The Kier molecular flexibility index (Phi) is 7.85. The molecule has 1 aliphatic carbocycles. The molecule has 1 spiro atoms. The van der Waals surface area contributed by atoms with Crippen LogP contribution < -0.4 is 9.64 Å². The fourth-order valence-corrected chi connectivity index (χ4v) is 10.8. The lowest BCUT2D eigenvalue weighted by molar-refractivity contribution is 0.447. The molecule has 11 aromatic rings. The molecule has 1 heterocycles. The molecular weight excluding hydrogens is 763 g/mol. The van der Waals surface area contributed by atoms with Gasteiger partial charge in [0, 0.05) is 38.7 Å². The molecule has 0 fully saturated rings. The Morgan fingerprint density at radius 3 is 1.59 bits per heavy atom. The molecule has 0 saturated heterocycles. The summed E-state index contributed by atoms with van der Waals surface area (Å²) in [5, 5.41) is 6.99. The van der Waals surface area contributed by atoms with Crippen molar-refractivity contribution in [2.45, 2.75) is 5.41 Å². The van der Waals surface area contributed by atoms with Crippen LogP contribution in [0.4, 0.5) is 17.1 Å². The predicted octanol–water partition coefficient (Wildman–Crippen LogP) is 16.4. The maximum Gasteiger partial charge on any atom is 0.140 e. The van der Waals surface area contributed by atoms with Crippen molar-refractivity contribution in [2.75, 3.05) is 4.90 Å². The van der Waals surface area contributed by atoms with Crippen LogP contribution in [-0.2, 0) is 5.41 Å². The van der Waals surface area contributed by atoms with Crippen molar-refractivity contribution in [2.24, 2.45) is 0 Å². The minimum Gasteiger partial charge on any atom is -0.455 e. The lowest BCUT2D eigenvalue weighted by Crippen LogP contribution is -2.32. The predicted molar refractivity (Wildman–Crippen MR) is 262 cm³/mol. The van der Waals surface area contributed by atoms with Gasteiger partial charge in [-0.1, -0.05) is 206 Å². The molecule has 0 bridgehead atoms. The number of rotatable bonds is 5. The van der Waals surface area contributed by atoms with Gasteiger partial charge in [-0.15, -0.1) is 0 Å². The van der Waals surface area contributed by atoms with Crippen molar-refractivity contribution >= 4 is 49.4 Å². The topological polar surface area (TPSA) is 12.5 Å². The van der Waals surface area contributed by atoms with Crippen molar-refractivity contribution < 1.29 is 4.74 Å². The fourth-order valence-electron chi connectivity index (χ4n) is 10.8. The van der Waals surface area contributed by atoms with Crippen LogP contribution in [0.3, 0.4) is 0 Å². The quantitative estimate of drug-likeness (QED) is 0.172. The minimum atomic E-state index is -0.603. The van der Waals surface area contributed by atoms with Gasteiger partial charge in [0.05, 0.1) is 11.1 Å². The van der Waals surface area contributed by atoms with E-state index in [0.29, 0.717) is 0 Å². The van der Waals surface area contributed by atoms with Crippen molar-refractivity contribution in [3.63, 3.8) is 0 Å². The Morgan fingerprint density at radius 1 is 0.317 bits per heavy atom. The van der Waals surface area contributed by atoms with Gasteiger partial charge in [0.1, 0.15) is 11.5 Å². The highest BCUT2D eigenvalue weighted by Gasteiger charge is 2.52. The molecule has 0 unspecified atom stereocenters. The van der Waals surface area contributed by atoms with Crippen LogP contribution in [0.1, 0.15) is 22.3 Å². The number of ether oxygens (including phenoxy) is 1. The summed E-state index contributed by atoms with van der Waals surface area (Å²) >= 11 is 0. The second kappa shape index (κ2) is 13.9. The smallest absolute Gasteiger partial charge is 0.140 e. The zero-order valence-corrected chi connectivity index (χ0v) is 34.4. The fraction of sp³-hybridized carbons (Fsp3) is 0.0164. The van der Waals surface area contributed by atoms with E-state index in [9.17, 15) is 0 Å². The van der Waals surface area contributed by atoms with E-state index in [1.807, 2.05) is 0 Å². The number of anilines is 3. The van der Waals surface area contributed by atoms with Gasteiger partial charge in [0.15, 0.2) is 0 Å². The minimum absolute atomic E-state index is 0.603. The second-order valence-electron chi connectivity index (χ2n) is 16.7. The molecule has 2 aliphatic rings. The van der Waals surface area contributed by atoms with Gasteiger partial charge in [-0.2, -0.15) is 0 Å². The van der Waals surface area contributed by atoms with E-state index >= 15 is 0 Å². The molecule has 11 aromatic carbocycles. The molecule has 1 aliphatic heterocycles. The molecule has 13 rings (SSSR count). The van der Waals surface area contributed by atoms with Gasteiger partial charge < -0.3 is 9.64 Å². The van der Waals surface area contributed by atoms with Crippen LogP contribution in [-0.4, -0.2) is 0 Å². The van der Waals surface area contributed by atoms with E-state index in [0.717, 1.165) is 39.3 Å². The summed E-state index contributed by atoms with van der Waals surface area (Å²) in [5.41, 5.74) is 14.9. The molecular formula is C61H39NO. The first kappa shape index (κ1) is 35.5. The van der Waals surface area contributed by atoms with Crippen LogP contribution in [0.2, 0.25) is 0 Å². The summed E-state index contributed by atoms with van der Waals surface area (Å²) in [7, 11) is 0. The zero-order valence-electron chi connectivity index (χ0n) is 34.4. The molecule has 0 atom stereocenters. The number of nitrogens with zero attached hydrogens (tertiary/aromatic N) is 1. The third-order valence-electron chi connectivity index (χ3n) is 13.5. The van der Waals surface area contributed by atoms with E-state index < -0.39 is 5.41 Å². The summed E-state index contributed by atoms with van der Waals surface area (Å²) < 4.78 is 7.20. The summed E-state index contributed by atoms with van der Waals surface area (Å²) in [6.07, 6.45) is 0. The Balaban J connectivity index is 1.02. The third-order valence-corrected chi connectivity index (χ3v) is 13.5. The molecule has 0 radical (unpaired) electrons. The second-order valence-corrected chi connectivity index (χ2v) is 16.7. The monoisotopic (exact) mass is 801 g/mol. The number of benzene rings is 11. The summed E-state index contributed by atoms with van der Waals surface area (Å²) in [4.78, 5) is 2.41. The zero-order chi connectivity index (χ0) is 41.5. The summed E-state index contributed by atoms with van der Waals surface area (Å²) in [6, 6.07) is 86.4. The van der Waals surface area contributed by atoms with Crippen molar-refractivity contribution in [3.05, 3.63) is 259 Å². The van der Waals surface area contributed by atoms with Gasteiger partial charge in [0.25, 0.3) is 0 Å². The van der Waals surface area contributed by atoms with Gasteiger partial charge in [-0.05, 0) is 91.0 Å². The molecule has 0 saturated carbocycles. The van der Waals surface area contributed by atoms with Gasteiger partial charge >= 0.3 is 0 Å². The largest absolute Gasteiger partial charge is 0.455 e. The Morgan fingerprint density at radius 2 is 0.857 bits per heavy atom. The van der Waals surface area contributed by atoms with Gasteiger partial charge in [0.2, 0.25) is 0 Å². The molecule has 2 nitrogen and oxygen atoms in total. The number of fused-ring (bicyclic) bond motifs is 14. The van der Waals surface area contributed by atoms with E-state index in [-0.39, 0.29) is 0 Å². The Hall–Kier alpha value is -8.20. The average Bonchev–Trinajstić information content (AvgIpc) is 3.65. The van der Waals surface area contributed by atoms with Crippen LogP contribution in [0.5, 0.6) is 11.5 Å². The molecule has 0 amide bonds. The Labute approximate surface area is 366 Å². The Bertz CT molecular complexity index is 3520. The van der Waals surface area contributed by atoms with Crippen LogP contribution in [0.15, 0.2) is 237 Å². The van der Waals surface area contributed by atoms with Crippen LogP contribution in [0.25, 0.3) is 65.7 Å². The van der Waals surface area contributed by atoms with Gasteiger partial charge in [-0.3, -0.25) is 0 Å². The maximum atomic E-state index is 7.20. The summed E-state index contributed by atoms with van der Waals surface area (Å²) in [6.45, 7) is 0. The first-order valence-corrected chi connectivity index (χ1v) is 21.8. The lowest BCUT2D eigenvalue weighted by atomic mass is 9.65. The van der Waals surface area contributed by atoms with Gasteiger partial charge in [-0.25, -0.2) is 0 Å². The van der Waals surface area contributed by atoms with Crippen LogP contribution in [0, 0.1) is 0 Å². The normalized spacial score (nSPS) is 13.0. The average molecular weight is 802 g/mol. The molecule has 2 heteroatoms. The van der Waals surface area contributed by atoms with E-state index in [1.165, 1.54) is 77.2 Å². The SMILES string of the molecule is c1ccc(-c2cccc(N(c3ccc(-c4cccc5c4-c4ccccc4C54c5ccc6ccccc6c5Oc5c4ccc4ccccc54)cc3)c3cccc4ccccc34)c2)cc1. The molecule has 0 aromatic heterocycles. The van der Waals surface area contributed by atoms with Crippen molar-refractivity contribution in [1.82, 2.24) is 0 Å². The molecule has 63 heavy (non-hydrogen) atoms. The highest BCUT2D eigenvalue weighted by atomic mass is 16.5. The lowest BCUT2D eigenvalue weighted by Gasteiger charge is -2.40. The van der Waals surface area contributed by atoms with Crippen molar-refractivity contribution in [1.29, 1.82) is 0 Å². The highest BCUT2D eigenvalue weighted by molar-refractivity contribution is 6.03. The number of hydrogen-bond acceptors (Lipinski definition) is 2. The van der Waals surface area contributed by atoms with Crippen LogP contribution >= 0.6 is 0 Å². The summed E-state index contributed by atoms with van der Waals surface area (Å²) in [5.74, 6) is 1.86.